The zero-order valence-corrected chi connectivity index (χ0v) is 17.7. The predicted octanol–water partition coefficient (Wildman–Crippen LogP) is 3.56. The lowest BCUT2D eigenvalue weighted by Crippen LogP contribution is -2.46. The molecule has 0 bridgehead atoms. The van der Waals surface area contributed by atoms with E-state index in [0.717, 1.165) is 21.8 Å². The van der Waals surface area contributed by atoms with Crippen molar-refractivity contribution >= 4 is 23.4 Å². The SMILES string of the molecule is COc1ccc(NC(=O)[C@H](C)N2C(=O)C3CC=CCC3C2=O)cc1Cc1ccccc1. The summed E-state index contributed by atoms with van der Waals surface area (Å²) in [5.41, 5.74) is 2.66. The van der Waals surface area contributed by atoms with Crippen molar-refractivity contribution < 1.29 is 19.1 Å². The second kappa shape index (κ2) is 8.76. The highest BCUT2D eigenvalue weighted by Gasteiger charge is 2.50. The van der Waals surface area contributed by atoms with Crippen molar-refractivity contribution in [1.82, 2.24) is 4.90 Å². The summed E-state index contributed by atoms with van der Waals surface area (Å²) in [6.07, 6.45) is 5.64. The highest BCUT2D eigenvalue weighted by atomic mass is 16.5. The smallest absolute Gasteiger partial charge is 0.247 e. The van der Waals surface area contributed by atoms with Gasteiger partial charge in [0.2, 0.25) is 17.7 Å². The topological polar surface area (TPSA) is 75.7 Å². The van der Waals surface area contributed by atoms with Gasteiger partial charge in [0.25, 0.3) is 0 Å². The molecular formula is C25H26N2O4. The van der Waals surface area contributed by atoms with Crippen LogP contribution < -0.4 is 10.1 Å². The van der Waals surface area contributed by atoms with E-state index in [4.69, 9.17) is 4.74 Å². The fraction of sp³-hybridized carbons (Fsp3) is 0.320. The third-order valence-electron chi connectivity index (χ3n) is 6.09. The maximum atomic E-state index is 12.9. The van der Waals surface area contributed by atoms with Crippen molar-refractivity contribution in [2.24, 2.45) is 11.8 Å². The summed E-state index contributed by atoms with van der Waals surface area (Å²) in [5.74, 6) is -0.832. The van der Waals surface area contributed by atoms with Crippen LogP contribution in [0.25, 0.3) is 0 Å². The first-order valence-electron chi connectivity index (χ1n) is 10.5. The number of methoxy groups -OCH3 is 1. The quantitative estimate of drug-likeness (QED) is 0.575. The monoisotopic (exact) mass is 418 g/mol. The summed E-state index contributed by atoms with van der Waals surface area (Å²) in [6, 6.07) is 14.6. The van der Waals surface area contributed by atoms with E-state index < -0.39 is 6.04 Å². The molecule has 1 heterocycles. The van der Waals surface area contributed by atoms with Gasteiger partial charge in [0.05, 0.1) is 18.9 Å². The number of ether oxygens (including phenoxy) is 1. The number of hydrogen-bond donors (Lipinski definition) is 1. The van der Waals surface area contributed by atoms with E-state index in [1.807, 2.05) is 54.6 Å². The van der Waals surface area contributed by atoms with E-state index in [1.54, 1.807) is 20.1 Å². The van der Waals surface area contributed by atoms with Crippen LogP contribution in [0.4, 0.5) is 5.69 Å². The molecule has 3 amide bonds. The Morgan fingerprint density at radius 3 is 2.32 bits per heavy atom. The number of imide groups is 1. The lowest BCUT2D eigenvalue weighted by atomic mass is 9.85. The first kappa shape index (κ1) is 20.8. The van der Waals surface area contributed by atoms with E-state index in [2.05, 4.69) is 5.32 Å². The van der Waals surface area contributed by atoms with Crippen LogP contribution >= 0.6 is 0 Å². The van der Waals surface area contributed by atoms with Gasteiger partial charge in [0.15, 0.2) is 0 Å². The molecule has 4 rings (SSSR count). The largest absolute Gasteiger partial charge is 0.496 e. The number of rotatable bonds is 6. The number of carbonyl (C=O) groups excluding carboxylic acids is 3. The number of nitrogens with one attached hydrogen (secondary N) is 1. The third-order valence-corrected chi connectivity index (χ3v) is 6.09. The molecule has 1 fully saturated rings. The molecule has 1 aliphatic carbocycles. The number of benzene rings is 2. The molecule has 2 aromatic rings. The standard InChI is InChI=1S/C25H26N2O4/c1-16(27-24(29)20-10-6-7-11-21(20)25(27)30)23(28)26-19-12-13-22(31-2)18(15-19)14-17-8-4-3-5-9-17/h3-9,12-13,15-16,20-21H,10-11,14H2,1-2H3,(H,26,28)/t16-,20?,21?/m0/s1. The van der Waals surface area contributed by atoms with Crippen molar-refractivity contribution in [3.63, 3.8) is 0 Å². The summed E-state index contributed by atoms with van der Waals surface area (Å²) in [4.78, 5) is 39.6. The summed E-state index contributed by atoms with van der Waals surface area (Å²) in [5, 5.41) is 2.86. The Morgan fingerprint density at radius 1 is 1.06 bits per heavy atom. The Bertz CT molecular complexity index is 1010. The first-order valence-corrected chi connectivity index (χ1v) is 10.5. The normalized spacial score (nSPS) is 21.0. The molecule has 2 aromatic carbocycles. The molecule has 2 unspecified atom stereocenters. The van der Waals surface area contributed by atoms with Crippen molar-refractivity contribution in [3.8, 4) is 5.75 Å². The van der Waals surface area contributed by atoms with Crippen LogP contribution in [0.5, 0.6) is 5.75 Å². The number of allylic oxidation sites excluding steroid dienone is 2. The van der Waals surface area contributed by atoms with Crippen molar-refractivity contribution in [3.05, 3.63) is 71.8 Å². The van der Waals surface area contributed by atoms with Gasteiger partial charge in [-0.2, -0.15) is 0 Å². The number of fused-ring (bicyclic) bond motifs is 1. The Kier molecular flexibility index (Phi) is 5.89. The minimum absolute atomic E-state index is 0.249. The van der Waals surface area contributed by atoms with Gasteiger partial charge in [0.1, 0.15) is 11.8 Å². The van der Waals surface area contributed by atoms with E-state index in [-0.39, 0.29) is 29.6 Å². The van der Waals surface area contributed by atoms with Gasteiger partial charge in [-0.1, -0.05) is 42.5 Å². The Morgan fingerprint density at radius 2 is 1.71 bits per heavy atom. The summed E-state index contributed by atoms with van der Waals surface area (Å²) in [7, 11) is 1.61. The zero-order chi connectivity index (χ0) is 22.0. The third kappa shape index (κ3) is 4.10. The summed E-state index contributed by atoms with van der Waals surface area (Å²) >= 11 is 0. The minimum atomic E-state index is -0.870. The van der Waals surface area contributed by atoms with Crippen LogP contribution in [0.15, 0.2) is 60.7 Å². The highest BCUT2D eigenvalue weighted by Crippen LogP contribution is 2.36. The van der Waals surface area contributed by atoms with Gasteiger partial charge >= 0.3 is 0 Å². The van der Waals surface area contributed by atoms with Gasteiger partial charge in [0, 0.05) is 17.7 Å². The number of carbonyl (C=O) groups is 3. The van der Waals surface area contributed by atoms with Crippen LogP contribution in [0.3, 0.4) is 0 Å². The minimum Gasteiger partial charge on any atom is -0.496 e. The molecule has 31 heavy (non-hydrogen) atoms. The molecular weight excluding hydrogens is 392 g/mol. The lowest BCUT2D eigenvalue weighted by Gasteiger charge is -2.22. The second-order valence-corrected chi connectivity index (χ2v) is 8.06. The van der Waals surface area contributed by atoms with Gasteiger partial charge in [-0.25, -0.2) is 0 Å². The molecule has 1 saturated heterocycles. The number of amides is 3. The fourth-order valence-electron chi connectivity index (χ4n) is 4.38. The molecule has 0 radical (unpaired) electrons. The van der Waals surface area contributed by atoms with E-state index in [9.17, 15) is 14.4 Å². The number of hydrogen-bond acceptors (Lipinski definition) is 4. The van der Waals surface area contributed by atoms with Crippen LogP contribution in [-0.4, -0.2) is 35.8 Å². The maximum Gasteiger partial charge on any atom is 0.247 e. The first-order chi connectivity index (χ1) is 15.0. The highest BCUT2D eigenvalue weighted by molar-refractivity contribution is 6.10. The van der Waals surface area contributed by atoms with Gasteiger partial charge in [-0.15, -0.1) is 0 Å². The average Bonchev–Trinajstić information content (AvgIpc) is 3.04. The Hall–Kier alpha value is -3.41. The molecule has 0 aromatic heterocycles. The summed E-state index contributed by atoms with van der Waals surface area (Å²) < 4.78 is 5.47. The molecule has 0 spiro atoms. The van der Waals surface area contributed by atoms with Crippen molar-refractivity contribution in [2.75, 3.05) is 12.4 Å². The Labute approximate surface area is 181 Å². The Balaban J connectivity index is 1.50. The van der Waals surface area contributed by atoms with Crippen LogP contribution in [0.1, 0.15) is 30.9 Å². The second-order valence-electron chi connectivity index (χ2n) is 8.06. The predicted molar refractivity (Wildman–Crippen MR) is 118 cm³/mol. The molecule has 2 aliphatic rings. The molecule has 0 saturated carbocycles. The number of anilines is 1. The fourth-order valence-corrected chi connectivity index (χ4v) is 4.38. The van der Waals surface area contributed by atoms with Gasteiger partial charge in [-0.05, 0) is 43.5 Å². The average molecular weight is 418 g/mol. The van der Waals surface area contributed by atoms with Crippen molar-refractivity contribution in [2.45, 2.75) is 32.2 Å². The van der Waals surface area contributed by atoms with Crippen LogP contribution in [0, 0.1) is 11.8 Å². The molecule has 1 N–H and O–H groups in total. The van der Waals surface area contributed by atoms with E-state index >= 15 is 0 Å². The summed E-state index contributed by atoms with van der Waals surface area (Å²) in [6.45, 7) is 1.60. The number of nitrogens with zero attached hydrogens (tertiary/aromatic N) is 1. The van der Waals surface area contributed by atoms with Crippen LogP contribution in [-0.2, 0) is 20.8 Å². The van der Waals surface area contributed by atoms with Gasteiger partial charge in [-0.3, -0.25) is 19.3 Å². The molecule has 6 heteroatoms. The van der Waals surface area contributed by atoms with E-state index in [0.29, 0.717) is 24.9 Å². The van der Waals surface area contributed by atoms with Crippen molar-refractivity contribution in [1.29, 1.82) is 0 Å². The zero-order valence-electron chi connectivity index (χ0n) is 17.7. The van der Waals surface area contributed by atoms with Gasteiger partial charge < -0.3 is 10.1 Å². The van der Waals surface area contributed by atoms with Crippen LogP contribution in [0.2, 0.25) is 0 Å². The number of likely N-dealkylation sites (tertiary alicyclic amines) is 1. The molecule has 1 aliphatic heterocycles. The lowest BCUT2D eigenvalue weighted by molar-refractivity contribution is -0.146. The maximum absolute atomic E-state index is 12.9. The molecule has 3 atom stereocenters. The molecule has 160 valence electrons. The van der Waals surface area contributed by atoms with E-state index in [1.165, 1.54) is 0 Å². The molecule has 6 nitrogen and oxygen atoms in total.